The maximum Gasteiger partial charge on any atom is 0.258 e. The molecule has 0 aliphatic rings. The Morgan fingerprint density at radius 1 is 0.829 bits per heavy atom. The van der Waals surface area contributed by atoms with Crippen LogP contribution in [0.3, 0.4) is 0 Å². The molecular weight excluding hydrogens is 523 g/mol. The van der Waals surface area contributed by atoms with E-state index in [1.165, 1.54) is 45.6 Å². The maximum absolute atomic E-state index is 13.2. The van der Waals surface area contributed by atoms with E-state index in [1.807, 2.05) is 43.3 Å². The number of nitrogens with zero attached hydrogens (tertiary/aromatic N) is 1. The number of rotatable bonds is 9. The number of guanidine groups is 1. The van der Waals surface area contributed by atoms with Gasteiger partial charge in [-0.15, -0.1) is 0 Å². The van der Waals surface area contributed by atoms with Gasteiger partial charge in [0.25, 0.3) is 5.91 Å². The van der Waals surface area contributed by atoms with Crippen LogP contribution in [-0.2, 0) is 0 Å². The monoisotopic (exact) mass is 554 g/mol. The first-order valence-electron chi connectivity index (χ1n) is 12.6. The fraction of sp³-hybridized carbons (Fsp3) is 0.125. The zero-order chi connectivity index (χ0) is 29.5. The fourth-order valence-electron chi connectivity index (χ4n) is 4.12. The van der Waals surface area contributed by atoms with E-state index in [4.69, 9.17) is 19.9 Å². The molecule has 0 aromatic heterocycles. The number of anilines is 1. The number of carbonyl (C=O) groups excluding carboxylic acids is 1. The second-order valence-electron chi connectivity index (χ2n) is 9.05. The van der Waals surface area contributed by atoms with E-state index in [-0.39, 0.29) is 17.3 Å². The van der Waals surface area contributed by atoms with Crippen LogP contribution in [0.25, 0.3) is 16.8 Å². The van der Waals surface area contributed by atoms with Crippen LogP contribution >= 0.6 is 0 Å². The first kappa shape index (κ1) is 28.7. The van der Waals surface area contributed by atoms with E-state index < -0.39 is 5.91 Å². The van der Waals surface area contributed by atoms with E-state index in [1.54, 1.807) is 18.2 Å². The second-order valence-corrected chi connectivity index (χ2v) is 9.05. The average molecular weight is 555 g/mol. The van der Waals surface area contributed by atoms with E-state index in [0.717, 1.165) is 27.9 Å². The predicted octanol–water partition coefficient (Wildman–Crippen LogP) is 6.29. The molecule has 0 saturated heterocycles. The molecule has 210 valence electrons. The number of methoxy groups -OCH3 is 3. The summed E-state index contributed by atoms with van der Waals surface area (Å²) in [4.78, 5) is 17.2. The molecule has 1 amide bonds. The highest BCUT2D eigenvalue weighted by Gasteiger charge is 2.17. The molecule has 0 radical (unpaired) electrons. The topological polar surface area (TPSA) is 107 Å². The van der Waals surface area contributed by atoms with Gasteiger partial charge in [0, 0.05) is 16.9 Å². The molecule has 4 rings (SSSR count). The molecule has 41 heavy (non-hydrogen) atoms. The largest absolute Gasteiger partial charge is 0.493 e. The highest BCUT2D eigenvalue weighted by Crippen LogP contribution is 2.38. The summed E-state index contributed by atoms with van der Waals surface area (Å²) in [6, 6.07) is 22.7. The number of halogens is 1. The van der Waals surface area contributed by atoms with Crippen LogP contribution in [0.5, 0.6) is 17.2 Å². The smallest absolute Gasteiger partial charge is 0.258 e. The lowest BCUT2D eigenvalue weighted by atomic mass is 10.0. The molecule has 8 nitrogen and oxygen atoms in total. The highest BCUT2D eigenvalue weighted by atomic mass is 19.1. The third-order valence-corrected chi connectivity index (χ3v) is 6.34. The minimum atomic E-state index is -0.492. The molecule has 0 heterocycles. The van der Waals surface area contributed by atoms with Gasteiger partial charge < -0.3 is 25.3 Å². The summed E-state index contributed by atoms with van der Waals surface area (Å²) in [5.41, 5.74) is 12.1. The zero-order valence-corrected chi connectivity index (χ0v) is 23.2. The standard InChI is InChI=1S/C32H31FN4O4/c1-19-6-15-26(36-32(34)37-31(38)24-16-28(39-3)30(41-5)29(17-24)40-4)18-27(19)35-20(2)21-7-9-22(10-8-21)23-11-13-25(33)14-12-23/h6-18,35H,2H2,1,3-5H3,(H3,34,36,37,38). The van der Waals surface area contributed by atoms with Crippen LogP contribution in [0.4, 0.5) is 15.8 Å². The quantitative estimate of drug-likeness (QED) is 0.166. The van der Waals surface area contributed by atoms with E-state index >= 15 is 0 Å². The van der Waals surface area contributed by atoms with Crippen LogP contribution in [0.1, 0.15) is 21.5 Å². The molecule has 0 aliphatic heterocycles. The highest BCUT2D eigenvalue weighted by molar-refractivity contribution is 6.06. The molecule has 0 bridgehead atoms. The van der Waals surface area contributed by atoms with Crippen LogP contribution in [0.2, 0.25) is 0 Å². The number of nitrogens with two attached hydrogens (primary N) is 1. The average Bonchev–Trinajstić information content (AvgIpc) is 2.98. The van der Waals surface area contributed by atoms with Crippen molar-refractivity contribution in [3.05, 3.63) is 108 Å². The third-order valence-electron chi connectivity index (χ3n) is 6.34. The molecule has 0 spiro atoms. The predicted molar refractivity (Wildman–Crippen MR) is 161 cm³/mol. The summed E-state index contributed by atoms with van der Waals surface area (Å²) in [7, 11) is 4.42. The number of benzene rings is 4. The zero-order valence-electron chi connectivity index (χ0n) is 23.2. The number of hydrogen-bond acceptors (Lipinski definition) is 6. The Kier molecular flexibility index (Phi) is 8.88. The van der Waals surface area contributed by atoms with Gasteiger partial charge in [0.1, 0.15) is 5.82 Å². The summed E-state index contributed by atoms with van der Waals surface area (Å²) >= 11 is 0. The molecule has 0 aliphatic carbocycles. The molecule has 0 fully saturated rings. The number of aryl methyl sites for hydroxylation is 1. The maximum atomic E-state index is 13.2. The minimum absolute atomic E-state index is 0.0891. The number of ether oxygens (including phenoxy) is 3. The Bertz CT molecular complexity index is 1570. The lowest BCUT2D eigenvalue weighted by Gasteiger charge is -2.14. The Morgan fingerprint density at radius 2 is 1.41 bits per heavy atom. The van der Waals surface area contributed by atoms with E-state index in [0.29, 0.717) is 28.6 Å². The van der Waals surface area contributed by atoms with Gasteiger partial charge in [-0.05, 0) is 65.6 Å². The van der Waals surface area contributed by atoms with Gasteiger partial charge in [-0.1, -0.05) is 49.0 Å². The number of amides is 1. The van der Waals surface area contributed by atoms with Crippen molar-refractivity contribution >= 4 is 28.9 Å². The van der Waals surface area contributed by atoms with Gasteiger partial charge in [0.15, 0.2) is 11.5 Å². The van der Waals surface area contributed by atoms with Crippen molar-refractivity contribution in [2.75, 3.05) is 26.6 Å². The van der Waals surface area contributed by atoms with Crippen molar-refractivity contribution < 1.29 is 23.4 Å². The Balaban J connectivity index is 1.47. The van der Waals surface area contributed by atoms with E-state index in [2.05, 4.69) is 22.2 Å². The first-order valence-corrected chi connectivity index (χ1v) is 12.6. The van der Waals surface area contributed by atoms with Crippen molar-refractivity contribution in [2.24, 2.45) is 10.7 Å². The second kappa shape index (κ2) is 12.7. The number of nitrogens with one attached hydrogen (secondary N) is 2. The van der Waals surface area contributed by atoms with Crippen LogP contribution < -0.4 is 30.6 Å². The Morgan fingerprint density at radius 3 is 1.98 bits per heavy atom. The lowest BCUT2D eigenvalue weighted by Crippen LogP contribution is -2.36. The van der Waals surface area contributed by atoms with Gasteiger partial charge in [-0.2, -0.15) is 0 Å². The summed E-state index contributed by atoms with van der Waals surface area (Å²) in [5, 5.41) is 5.91. The van der Waals surface area contributed by atoms with Crippen LogP contribution in [-0.4, -0.2) is 33.2 Å². The molecule has 0 atom stereocenters. The normalized spacial score (nSPS) is 11.0. The molecule has 4 N–H and O–H groups in total. The summed E-state index contributed by atoms with van der Waals surface area (Å²) in [6.45, 7) is 6.13. The van der Waals surface area contributed by atoms with Gasteiger partial charge in [0.05, 0.1) is 27.0 Å². The Hall–Kier alpha value is -5.31. The summed E-state index contributed by atoms with van der Waals surface area (Å²) < 4.78 is 29.2. The summed E-state index contributed by atoms with van der Waals surface area (Å²) in [5.74, 6) is 0.201. The summed E-state index contributed by atoms with van der Waals surface area (Å²) in [6.07, 6.45) is 0. The minimum Gasteiger partial charge on any atom is -0.493 e. The molecule has 9 heteroatoms. The molecule has 4 aromatic rings. The molecule has 0 unspecified atom stereocenters. The third kappa shape index (κ3) is 6.83. The number of aliphatic imine (C=N–C) groups is 1. The van der Waals surface area contributed by atoms with Crippen molar-refractivity contribution in [1.82, 2.24) is 5.32 Å². The van der Waals surface area contributed by atoms with E-state index in [9.17, 15) is 9.18 Å². The van der Waals surface area contributed by atoms with Crippen LogP contribution in [0, 0.1) is 12.7 Å². The lowest BCUT2D eigenvalue weighted by molar-refractivity contribution is 0.0976. The van der Waals surface area contributed by atoms with Gasteiger partial charge in [-0.3, -0.25) is 10.1 Å². The fourth-order valence-corrected chi connectivity index (χ4v) is 4.12. The van der Waals surface area contributed by atoms with Crippen molar-refractivity contribution in [1.29, 1.82) is 0 Å². The first-order chi connectivity index (χ1) is 19.7. The number of carbonyl (C=O) groups is 1. The van der Waals surface area contributed by atoms with Gasteiger partial charge >= 0.3 is 0 Å². The van der Waals surface area contributed by atoms with Gasteiger partial charge in [-0.25, -0.2) is 9.38 Å². The number of hydrogen-bond donors (Lipinski definition) is 3. The van der Waals surface area contributed by atoms with Crippen LogP contribution in [0.15, 0.2) is 90.4 Å². The molecular formula is C32H31FN4O4. The van der Waals surface area contributed by atoms with Gasteiger partial charge in [0.2, 0.25) is 11.7 Å². The molecule has 4 aromatic carbocycles. The Labute approximate surface area is 238 Å². The van der Waals surface area contributed by atoms with Crippen molar-refractivity contribution in [2.45, 2.75) is 6.92 Å². The SMILES string of the molecule is C=C(Nc1cc(N=C(N)NC(=O)c2cc(OC)c(OC)c(OC)c2)ccc1C)c1ccc(-c2ccc(F)cc2)cc1. The van der Waals surface area contributed by atoms with Crippen molar-refractivity contribution in [3.8, 4) is 28.4 Å². The van der Waals surface area contributed by atoms with Crippen molar-refractivity contribution in [3.63, 3.8) is 0 Å². The molecule has 0 saturated carbocycles.